The molecule has 0 radical (unpaired) electrons. The van der Waals surface area contributed by atoms with Crippen molar-refractivity contribution in [3.05, 3.63) is 24.0 Å². The lowest BCUT2D eigenvalue weighted by Gasteiger charge is -2.07. The second kappa shape index (κ2) is 5.05. The van der Waals surface area contributed by atoms with Crippen LogP contribution in [0.15, 0.2) is 12.5 Å². The number of hydrogen-bond donors (Lipinski definition) is 1. The first kappa shape index (κ1) is 11.7. The molecule has 0 aliphatic carbocycles. The predicted molar refractivity (Wildman–Crippen MR) is 61.9 cm³/mol. The van der Waals surface area contributed by atoms with Gasteiger partial charge in [-0.05, 0) is 5.92 Å². The van der Waals surface area contributed by atoms with Crippen LogP contribution in [0, 0.1) is 5.92 Å². The van der Waals surface area contributed by atoms with E-state index in [1.54, 1.807) is 11.0 Å². The Bertz CT molecular complexity index is 470. The molecule has 7 nitrogen and oxygen atoms in total. The minimum atomic E-state index is 0.401. The highest BCUT2D eigenvalue weighted by Crippen LogP contribution is 2.03. The van der Waals surface area contributed by atoms with Crippen LogP contribution in [0.4, 0.5) is 0 Å². The molecule has 2 aromatic rings. The molecule has 0 aliphatic heterocycles. The minimum Gasteiger partial charge on any atom is -0.325 e. The Hall–Kier alpha value is -1.76. The Labute approximate surface area is 99.6 Å². The molecule has 2 N–H and O–H groups in total. The molecule has 0 aliphatic rings. The summed E-state index contributed by atoms with van der Waals surface area (Å²) in [6.07, 6.45) is 3.40. The molecule has 92 valence electrons. The lowest BCUT2D eigenvalue weighted by molar-refractivity contribution is 0.455. The van der Waals surface area contributed by atoms with Crippen LogP contribution < -0.4 is 5.73 Å². The van der Waals surface area contributed by atoms with Crippen molar-refractivity contribution in [1.82, 2.24) is 29.8 Å². The molecule has 2 rings (SSSR count). The molecule has 0 bridgehead atoms. The van der Waals surface area contributed by atoms with Crippen LogP contribution in [0.1, 0.15) is 25.4 Å². The van der Waals surface area contributed by atoms with Gasteiger partial charge in [-0.3, -0.25) is 0 Å². The van der Waals surface area contributed by atoms with Crippen molar-refractivity contribution in [3.8, 4) is 0 Å². The Morgan fingerprint density at radius 2 is 2.24 bits per heavy atom. The summed E-state index contributed by atoms with van der Waals surface area (Å²) in [7, 11) is 0. The summed E-state index contributed by atoms with van der Waals surface area (Å²) in [5.41, 5.74) is 6.26. The average Bonchev–Trinajstić information content (AvgIpc) is 2.89. The normalized spacial score (nSPS) is 11.3. The highest BCUT2D eigenvalue weighted by Gasteiger charge is 2.08. The van der Waals surface area contributed by atoms with Gasteiger partial charge in [-0.2, -0.15) is 5.10 Å². The monoisotopic (exact) mass is 235 g/mol. The van der Waals surface area contributed by atoms with E-state index in [0.717, 1.165) is 18.1 Å². The second-order valence-corrected chi connectivity index (χ2v) is 4.36. The van der Waals surface area contributed by atoms with Crippen molar-refractivity contribution in [2.24, 2.45) is 11.7 Å². The third kappa shape index (κ3) is 2.88. The minimum absolute atomic E-state index is 0.401. The maximum atomic E-state index is 5.48. The van der Waals surface area contributed by atoms with E-state index < -0.39 is 0 Å². The van der Waals surface area contributed by atoms with E-state index >= 15 is 0 Å². The number of hydrogen-bond acceptors (Lipinski definition) is 5. The topological polar surface area (TPSA) is 87.4 Å². The molecule has 0 atom stereocenters. The molecule has 7 heteroatoms. The molecule has 2 aromatic heterocycles. The van der Waals surface area contributed by atoms with E-state index in [2.05, 4.69) is 34.2 Å². The van der Waals surface area contributed by atoms with Crippen LogP contribution in [-0.4, -0.2) is 29.8 Å². The van der Waals surface area contributed by atoms with Gasteiger partial charge >= 0.3 is 0 Å². The van der Waals surface area contributed by atoms with Crippen molar-refractivity contribution >= 4 is 0 Å². The van der Waals surface area contributed by atoms with Gasteiger partial charge in [0, 0.05) is 13.1 Å². The van der Waals surface area contributed by atoms with Gasteiger partial charge < -0.3 is 5.73 Å². The maximum Gasteiger partial charge on any atom is 0.148 e. The highest BCUT2D eigenvalue weighted by molar-refractivity contribution is 4.93. The van der Waals surface area contributed by atoms with Crippen molar-refractivity contribution < 1.29 is 0 Å². The first-order valence-electron chi connectivity index (χ1n) is 5.64. The van der Waals surface area contributed by atoms with Gasteiger partial charge in [0.05, 0.1) is 11.9 Å². The van der Waals surface area contributed by atoms with Crippen LogP contribution in [0.3, 0.4) is 0 Å². The van der Waals surface area contributed by atoms with Gasteiger partial charge in [0.25, 0.3) is 0 Å². The summed E-state index contributed by atoms with van der Waals surface area (Å²) < 4.78 is 3.62. The zero-order chi connectivity index (χ0) is 12.3. The van der Waals surface area contributed by atoms with E-state index in [4.69, 9.17) is 5.73 Å². The fourth-order valence-corrected chi connectivity index (χ4v) is 1.56. The third-order valence-corrected chi connectivity index (χ3v) is 2.33. The zero-order valence-electron chi connectivity index (χ0n) is 10.1. The summed E-state index contributed by atoms with van der Waals surface area (Å²) in [5.74, 6) is 1.41. The Morgan fingerprint density at radius 1 is 1.41 bits per heavy atom. The number of aromatic nitrogens is 6. The fourth-order valence-electron chi connectivity index (χ4n) is 1.56. The number of nitrogens with zero attached hydrogens (tertiary/aromatic N) is 6. The van der Waals surface area contributed by atoms with Crippen LogP contribution >= 0.6 is 0 Å². The Kier molecular flexibility index (Phi) is 3.48. The van der Waals surface area contributed by atoms with Crippen LogP contribution in [0.2, 0.25) is 0 Å². The summed E-state index contributed by atoms with van der Waals surface area (Å²) in [6, 6.07) is 0. The lowest BCUT2D eigenvalue weighted by Crippen LogP contribution is -2.13. The predicted octanol–water partition coefficient (Wildman–Crippen LogP) is 0.0326. The average molecular weight is 235 g/mol. The van der Waals surface area contributed by atoms with Gasteiger partial charge in [0.2, 0.25) is 0 Å². The molecule has 0 fully saturated rings. The summed E-state index contributed by atoms with van der Waals surface area (Å²) in [6.45, 7) is 6.12. The SMILES string of the molecule is CC(C)Cn1ncnc1Cn1cc(CN)nn1. The highest BCUT2D eigenvalue weighted by atomic mass is 15.4. The van der Waals surface area contributed by atoms with Gasteiger partial charge in [0.15, 0.2) is 0 Å². The summed E-state index contributed by atoms with van der Waals surface area (Å²) >= 11 is 0. The van der Waals surface area contributed by atoms with E-state index in [-0.39, 0.29) is 0 Å². The van der Waals surface area contributed by atoms with Crippen molar-refractivity contribution in [2.45, 2.75) is 33.5 Å². The molecule has 0 amide bonds. The standard InChI is InChI=1S/C10H17N7/c1-8(2)4-17-10(12-7-13-17)6-16-5-9(3-11)14-15-16/h5,7-8H,3-4,6,11H2,1-2H3. The van der Waals surface area contributed by atoms with Crippen molar-refractivity contribution in [3.63, 3.8) is 0 Å². The van der Waals surface area contributed by atoms with Gasteiger partial charge in [-0.1, -0.05) is 19.1 Å². The quantitative estimate of drug-likeness (QED) is 0.790. The van der Waals surface area contributed by atoms with E-state index in [1.807, 2.05) is 10.9 Å². The third-order valence-electron chi connectivity index (χ3n) is 2.33. The largest absolute Gasteiger partial charge is 0.325 e. The van der Waals surface area contributed by atoms with Gasteiger partial charge in [-0.15, -0.1) is 5.10 Å². The summed E-state index contributed by atoms with van der Waals surface area (Å²) in [4.78, 5) is 4.23. The smallest absolute Gasteiger partial charge is 0.148 e. The molecular formula is C10H17N7. The lowest BCUT2D eigenvalue weighted by atomic mass is 10.2. The maximum absolute atomic E-state index is 5.48. The van der Waals surface area contributed by atoms with Crippen molar-refractivity contribution in [2.75, 3.05) is 0 Å². The molecule has 0 spiro atoms. The number of rotatable bonds is 5. The molecule has 0 saturated carbocycles. The van der Waals surface area contributed by atoms with Crippen LogP contribution in [0.5, 0.6) is 0 Å². The zero-order valence-corrected chi connectivity index (χ0v) is 10.1. The first-order valence-corrected chi connectivity index (χ1v) is 5.64. The van der Waals surface area contributed by atoms with Crippen molar-refractivity contribution in [1.29, 1.82) is 0 Å². The van der Waals surface area contributed by atoms with E-state index in [0.29, 0.717) is 19.0 Å². The molecule has 0 saturated heterocycles. The molecule has 0 aromatic carbocycles. The summed E-state index contributed by atoms with van der Waals surface area (Å²) in [5, 5.41) is 12.1. The second-order valence-electron chi connectivity index (χ2n) is 4.36. The Balaban J connectivity index is 2.10. The molecular weight excluding hydrogens is 218 g/mol. The van der Waals surface area contributed by atoms with Gasteiger partial charge in [0.1, 0.15) is 18.7 Å². The van der Waals surface area contributed by atoms with E-state index in [1.165, 1.54) is 0 Å². The van der Waals surface area contributed by atoms with Crippen LogP contribution in [0.25, 0.3) is 0 Å². The fraction of sp³-hybridized carbons (Fsp3) is 0.600. The van der Waals surface area contributed by atoms with Gasteiger partial charge in [-0.25, -0.2) is 14.3 Å². The number of nitrogens with two attached hydrogens (primary N) is 1. The Morgan fingerprint density at radius 3 is 2.88 bits per heavy atom. The molecule has 17 heavy (non-hydrogen) atoms. The molecule has 0 unspecified atom stereocenters. The first-order chi connectivity index (χ1) is 8.19. The van der Waals surface area contributed by atoms with E-state index in [9.17, 15) is 0 Å². The molecule has 2 heterocycles. The van der Waals surface area contributed by atoms with Crippen LogP contribution in [-0.2, 0) is 19.6 Å².